The molecule has 0 atom stereocenters. The summed E-state index contributed by atoms with van der Waals surface area (Å²) in [5, 5.41) is 0. The third kappa shape index (κ3) is 5.13. The molecule has 0 aromatic rings. The predicted molar refractivity (Wildman–Crippen MR) is 36.2 cm³/mol. The van der Waals surface area contributed by atoms with Gasteiger partial charge in [0.1, 0.15) is 0 Å². The zero-order valence-electron chi connectivity index (χ0n) is 5.53. The second kappa shape index (κ2) is 7.43. The van der Waals surface area contributed by atoms with Crippen molar-refractivity contribution in [3.63, 3.8) is 0 Å². The van der Waals surface area contributed by atoms with Gasteiger partial charge in [0, 0.05) is 0 Å². The van der Waals surface area contributed by atoms with Crippen LogP contribution in [0.5, 0.6) is 0 Å². The molecule has 0 unspecified atom stereocenters. The fourth-order valence-electron chi connectivity index (χ4n) is 0.294. The van der Waals surface area contributed by atoms with Gasteiger partial charge in [-0.3, -0.25) is 0 Å². The van der Waals surface area contributed by atoms with E-state index in [2.05, 4.69) is 0 Å². The maximum atomic E-state index is 5.06. The minimum atomic E-state index is -2.17. The van der Waals surface area contributed by atoms with Gasteiger partial charge < -0.3 is 0 Å². The van der Waals surface area contributed by atoms with Crippen LogP contribution in [0.4, 0.5) is 0 Å². The van der Waals surface area contributed by atoms with Crippen LogP contribution >= 0.6 is 0 Å². The van der Waals surface area contributed by atoms with E-state index in [1.807, 2.05) is 0 Å². The van der Waals surface area contributed by atoms with Gasteiger partial charge in [0.25, 0.3) is 0 Å². The fourth-order valence-corrected chi connectivity index (χ4v) is 1.53. The molecule has 0 aromatic heterocycles. The molecule has 62 valence electrons. The first-order chi connectivity index (χ1) is 4.85. The van der Waals surface area contributed by atoms with Crippen LogP contribution in [0.3, 0.4) is 0 Å². The summed E-state index contributed by atoms with van der Waals surface area (Å²) < 4.78 is 14.5. The molecule has 0 saturated carbocycles. The van der Waals surface area contributed by atoms with Crippen LogP contribution < -0.4 is 17.2 Å². The maximum absolute atomic E-state index is 5.06. The molecule has 0 spiro atoms. The second-order valence-corrected chi connectivity index (χ2v) is 3.67. The monoisotopic (exact) mass is 213 g/mol. The summed E-state index contributed by atoms with van der Waals surface area (Å²) in [6, 6.07) is 0. The van der Waals surface area contributed by atoms with Crippen molar-refractivity contribution < 1.29 is 11.2 Å². The van der Waals surface area contributed by atoms with Crippen LogP contribution in [-0.2, 0) is 11.2 Å². The number of nitrogens with two attached hydrogens (primary N) is 3. The Morgan fingerprint density at radius 1 is 0.800 bits per heavy atom. The first kappa shape index (κ1) is 10.3. The van der Waals surface area contributed by atoms with Gasteiger partial charge in [0.2, 0.25) is 0 Å². The van der Waals surface area contributed by atoms with Crippen molar-refractivity contribution in [2.75, 3.05) is 20.2 Å². The Bertz CT molecular complexity index is 61.7. The topological polar surface area (TPSA) is 106 Å². The van der Waals surface area contributed by atoms with Crippen molar-refractivity contribution in [1.29, 1.82) is 0 Å². The Labute approximate surface area is 64.9 Å². The number of rotatable bonds is 6. The van der Waals surface area contributed by atoms with E-state index in [1.165, 1.54) is 0 Å². The van der Waals surface area contributed by atoms with E-state index in [4.69, 9.17) is 28.4 Å². The molecule has 0 bridgehead atoms. The van der Waals surface area contributed by atoms with E-state index in [1.54, 1.807) is 0 Å². The molecular weight excluding hydrogens is 201 g/mol. The molecular formula is C3H12AsN3O3. The van der Waals surface area contributed by atoms with Crippen LogP contribution in [0.15, 0.2) is 0 Å². The molecule has 0 fully saturated rings. The standard InChI is InChI=1S/C3H12AsN3O3/c5-1-8-4(9-2-6)10-3-7/h1-3,5-7H2. The van der Waals surface area contributed by atoms with E-state index in [9.17, 15) is 0 Å². The van der Waals surface area contributed by atoms with Crippen LogP contribution in [0.1, 0.15) is 0 Å². The van der Waals surface area contributed by atoms with Crippen LogP contribution in [0, 0.1) is 0 Å². The summed E-state index contributed by atoms with van der Waals surface area (Å²) in [7, 11) is 0. The summed E-state index contributed by atoms with van der Waals surface area (Å²) >= 11 is -2.17. The Morgan fingerprint density at radius 2 is 1.10 bits per heavy atom. The first-order valence-corrected chi connectivity index (χ1v) is 4.94. The van der Waals surface area contributed by atoms with Gasteiger partial charge in [-0.2, -0.15) is 0 Å². The van der Waals surface area contributed by atoms with Gasteiger partial charge in [-0.05, 0) is 0 Å². The summed E-state index contributed by atoms with van der Waals surface area (Å²) in [5.41, 5.74) is 15.2. The van der Waals surface area contributed by atoms with E-state index in [0.29, 0.717) is 0 Å². The van der Waals surface area contributed by atoms with Crippen molar-refractivity contribution >= 4 is 15.7 Å². The third-order valence-corrected chi connectivity index (χ3v) is 2.81. The normalized spacial score (nSPS) is 10.8. The Kier molecular flexibility index (Phi) is 7.66. The number of hydrogen-bond acceptors (Lipinski definition) is 6. The molecule has 0 heterocycles. The van der Waals surface area contributed by atoms with Gasteiger partial charge >= 0.3 is 64.2 Å². The zero-order valence-corrected chi connectivity index (χ0v) is 7.40. The molecule has 0 aromatic carbocycles. The Hall–Kier alpha value is 0.318. The van der Waals surface area contributed by atoms with Gasteiger partial charge in [-0.1, -0.05) is 0 Å². The van der Waals surface area contributed by atoms with E-state index < -0.39 is 15.7 Å². The van der Waals surface area contributed by atoms with Gasteiger partial charge in [0.05, 0.1) is 0 Å². The second-order valence-electron chi connectivity index (χ2n) is 1.11. The summed E-state index contributed by atoms with van der Waals surface area (Å²) in [6.45, 7) is 0.208. The molecule has 6 nitrogen and oxygen atoms in total. The van der Waals surface area contributed by atoms with E-state index in [0.717, 1.165) is 0 Å². The molecule has 7 heteroatoms. The molecule has 0 radical (unpaired) electrons. The van der Waals surface area contributed by atoms with E-state index >= 15 is 0 Å². The predicted octanol–water partition coefficient (Wildman–Crippen LogP) is -2.23. The average Bonchev–Trinajstić information content (AvgIpc) is 1.90. The Balaban J connectivity index is 3.30. The van der Waals surface area contributed by atoms with Crippen molar-refractivity contribution in [2.45, 2.75) is 0 Å². The summed E-state index contributed by atoms with van der Waals surface area (Å²) in [5.74, 6) is 0. The van der Waals surface area contributed by atoms with E-state index in [-0.39, 0.29) is 20.2 Å². The summed E-state index contributed by atoms with van der Waals surface area (Å²) in [4.78, 5) is 0. The Morgan fingerprint density at radius 3 is 1.30 bits per heavy atom. The molecule has 0 aliphatic heterocycles. The van der Waals surface area contributed by atoms with Crippen molar-refractivity contribution in [1.82, 2.24) is 0 Å². The SMILES string of the molecule is NCO[As](OCN)OCN. The molecule has 10 heavy (non-hydrogen) atoms. The van der Waals surface area contributed by atoms with Crippen LogP contribution in [0.25, 0.3) is 0 Å². The quantitative estimate of drug-likeness (QED) is 0.340. The molecule has 0 amide bonds. The van der Waals surface area contributed by atoms with Crippen molar-refractivity contribution in [3.05, 3.63) is 0 Å². The fraction of sp³-hybridized carbons (Fsp3) is 1.00. The molecule has 0 aliphatic rings. The molecule has 0 rings (SSSR count). The zero-order chi connectivity index (χ0) is 7.82. The van der Waals surface area contributed by atoms with Crippen molar-refractivity contribution in [2.24, 2.45) is 17.2 Å². The molecule has 6 N–H and O–H groups in total. The minimum absolute atomic E-state index is 0.0694. The van der Waals surface area contributed by atoms with Crippen LogP contribution in [-0.4, -0.2) is 35.9 Å². The van der Waals surface area contributed by atoms with Gasteiger partial charge in [-0.15, -0.1) is 0 Å². The molecule has 0 saturated heterocycles. The van der Waals surface area contributed by atoms with Crippen LogP contribution in [0.2, 0.25) is 0 Å². The average molecular weight is 213 g/mol. The van der Waals surface area contributed by atoms with Gasteiger partial charge in [0.15, 0.2) is 0 Å². The van der Waals surface area contributed by atoms with Gasteiger partial charge in [-0.25, -0.2) is 0 Å². The first-order valence-electron chi connectivity index (χ1n) is 2.64. The van der Waals surface area contributed by atoms with Crippen molar-refractivity contribution in [3.8, 4) is 0 Å². The summed E-state index contributed by atoms with van der Waals surface area (Å²) in [6.07, 6.45) is 0. The third-order valence-electron chi connectivity index (χ3n) is 0.540. The molecule has 0 aliphatic carbocycles. The number of hydrogen-bond donors (Lipinski definition) is 3.